The second-order valence-electron chi connectivity index (χ2n) is 9.80. The molecule has 3 aromatic carbocycles. The number of methoxy groups -OCH3 is 1. The van der Waals surface area contributed by atoms with E-state index < -0.39 is 17.9 Å². The molecule has 3 atom stereocenters. The molecule has 1 N–H and O–H groups in total. The normalized spacial score (nSPS) is 23.8. The molecule has 2 bridgehead atoms. The lowest BCUT2D eigenvalue weighted by Crippen LogP contribution is -2.48. The minimum absolute atomic E-state index is 0.192. The quantitative estimate of drug-likeness (QED) is 0.467. The smallest absolute Gasteiger partial charge is 0.247 e. The van der Waals surface area contributed by atoms with Gasteiger partial charge in [-0.3, -0.25) is 19.3 Å². The minimum atomic E-state index is -0.895. The van der Waals surface area contributed by atoms with Crippen molar-refractivity contribution in [1.29, 1.82) is 0 Å². The van der Waals surface area contributed by atoms with Crippen LogP contribution in [0.2, 0.25) is 0 Å². The first kappa shape index (κ1) is 23.8. The predicted octanol–water partition coefficient (Wildman–Crippen LogP) is 4.65. The topological polar surface area (TPSA) is 75.7 Å². The summed E-state index contributed by atoms with van der Waals surface area (Å²) in [5.41, 5.74) is 4.99. The number of amides is 3. The maximum atomic E-state index is 14.1. The van der Waals surface area contributed by atoms with Crippen LogP contribution in [0.4, 0.5) is 5.69 Å². The number of benzene rings is 3. The average molecular weight is 513 g/mol. The van der Waals surface area contributed by atoms with E-state index in [1.165, 1.54) is 4.90 Å². The van der Waals surface area contributed by atoms with Crippen LogP contribution in [0.5, 0.6) is 5.75 Å². The van der Waals surface area contributed by atoms with Gasteiger partial charge in [0, 0.05) is 11.8 Å². The van der Waals surface area contributed by atoms with Gasteiger partial charge in [-0.05, 0) is 52.8 Å². The number of hydrogen-bond acceptors (Lipinski definition) is 5. The molecule has 1 aliphatic heterocycles. The Balaban J connectivity index is 1.40. The van der Waals surface area contributed by atoms with E-state index in [1.807, 2.05) is 42.7 Å². The van der Waals surface area contributed by atoms with Crippen LogP contribution in [-0.4, -0.2) is 47.8 Å². The number of para-hydroxylation sites is 2. The number of nitrogens with zero attached hydrogens (tertiary/aromatic N) is 1. The lowest BCUT2D eigenvalue weighted by atomic mass is 9.55. The summed E-state index contributed by atoms with van der Waals surface area (Å²) in [4.78, 5) is 43.2. The number of rotatable bonds is 7. The zero-order chi connectivity index (χ0) is 25.7. The Morgan fingerprint density at radius 2 is 1.35 bits per heavy atom. The van der Waals surface area contributed by atoms with E-state index >= 15 is 0 Å². The standard InChI is InChI=1S/C30H28N2O4S/c1-36-23-14-8-7-13-21(23)31-28(33)22(15-16-37-2)32-29(34)26-24-17-9-3-4-10-18(17)25(27(26)30(32)35)20-12-6-5-11-19(20)24/h3-14,22,24-27H,15-16H2,1-2H3,(H,31,33)/t22-,24?,25?,26-,27+/m1/s1. The lowest BCUT2D eigenvalue weighted by Gasteiger charge is -2.45. The number of hydrogen-bond donors (Lipinski definition) is 1. The van der Waals surface area contributed by atoms with Crippen LogP contribution in [0, 0.1) is 11.8 Å². The highest BCUT2D eigenvalue weighted by Crippen LogP contribution is 2.61. The molecule has 0 saturated carbocycles. The Kier molecular flexibility index (Phi) is 6.03. The molecule has 0 aromatic heterocycles. The Morgan fingerprint density at radius 3 is 1.84 bits per heavy atom. The summed E-state index contributed by atoms with van der Waals surface area (Å²) in [6.45, 7) is 0. The van der Waals surface area contributed by atoms with Crippen LogP contribution in [0.15, 0.2) is 72.8 Å². The van der Waals surface area contributed by atoms with Crippen LogP contribution < -0.4 is 10.1 Å². The second-order valence-corrected chi connectivity index (χ2v) is 10.8. The molecule has 188 valence electrons. The van der Waals surface area contributed by atoms with Crippen LogP contribution in [-0.2, 0) is 14.4 Å². The van der Waals surface area contributed by atoms with Gasteiger partial charge in [0.2, 0.25) is 17.7 Å². The molecule has 1 fully saturated rings. The Hall–Kier alpha value is -3.58. The molecule has 7 heteroatoms. The van der Waals surface area contributed by atoms with Crippen molar-refractivity contribution in [2.24, 2.45) is 11.8 Å². The van der Waals surface area contributed by atoms with Gasteiger partial charge in [-0.15, -0.1) is 0 Å². The number of thioether (sulfide) groups is 1. The highest BCUT2D eigenvalue weighted by molar-refractivity contribution is 7.98. The number of carbonyl (C=O) groups excluding carboxylic acids is 3. The van der Waals surface area contributed by atoms with Crippen molar-refractivity contribution >= 4 is 35.2 Å². The van der Waals surface area contributed by atoms with Gasteiger partial charge in [0.05, 0.1) is 24.6 Å². The molecule has 1 saturated heterocycles. The summed E-state index contributed by atoms with van der Waals surface area (Å²) >= 11 is 1.59. The molecule has 1 heterocycles. The molecule has 0 unspecified atom stereocenters. The van der Waals surface area contributed by atoms with Gasteiger partial charge in [-0.2, -0.15) is 11.8 Å². The van der Waals surface area contributed by atoms with E-state index in [4.69, 9.17) is 4.74 Å². The zero-order valence-corrected chi connectivity index (χ0v) is 21.5. The fourth-order valence-electron chi connectivity index (χ4n) is 6.58. The number of imide groups is 1. The Bertz CT molecular complexity index is 1290. The van der Waals surface area contributed by atoms with Gasteiger partial charge in [0.25, 0.3) is 0 Å². The van der Waals surface area contributed by atoms with E-state index in [2.05, 4.69) is 29.6 Å². The third-order valence-corrected chi connectivity index (χ3v) is 8.70. The van der Waals surface area contributed by atoms with Crippen molar-refractivity contribution in [3.05, 3.63) is 95.1 Å². The summed E-state index contributed by atoms with van der Waals surface area (Å²) < 4.78 is 5.39. The molecule has 3 aliphatic carbocycles. The zero-order valence-electron chi connectivity index (χ0n) is 20.7. The SMILES string of the molecule is COc1ccccc1NC(=O)[C@@H](CCSC)N1C(=O)[C@@H]2C3c4ccccc4C(c4ccccc43)[C@@H]2C1=O. The summed E-state index contributed by atoms with van der Waals surface area (Å²) in [6.07, 6.45) is 2.34. The molecule has 7 rings (SSSR count). The van der Waals surface area contributed by atoms with Crippen molar-refractivity contribution < 1.29 is 19.1 Å². The van der Waals surface area contributed by atoms with Gasteiger partial charge in [0.1, 0.15) is 11.8 Å². The molecule has 37 heavy (non-hydrogen) atoms. The molecular formula is C30H28N2O4S. The Labute approximate surface area is 220 Å². The monoisotopic (exact) mass is 512 g/mol. The molecular weight excluding hydrogens is 484 g/mol. The third-order valence-electron chi connectivity index (χ3n) is 8.06. The van der Waals surface area contributed by atoms with Crippen LogP contribution in [0.1, 0.15) is 40.5 Å². The molecule has 4 aliphatic rings. The molecule has 0 radical (unpaired) electrons. The number of carbonyl (C=O) groups is 3. The first-order valence-corrected chi connectivity index (χ1v) is 13.9. The van der Waals surface area contributed by atoms with Crippen molar-refractivity contribution in [3.8, 4) is 5.75 Å². The number of likely N-dealkylation sites (tertiary alicyclic amines) is 1. The van der Waals surface area contributed by atoms with E-state index in [0.717, 1.165) is 22.3 Å². The molecule has 0 spiro atoms. The Morgan fingerprint density at radius 1 is 0.865 bits per heavy atom. The number of nitrogens with one attached hydrogen (secondary N) is 1. The number of ether oxygens (including phenoxy) is 1. The van der Waals surface area contributed by atoms with Gasteiger partial charge in [-0.25, -0.2) is 0 Å². The van der Waals surface area contributed by atoms with E-state index in [-0.39, 0.29) is 29.6 Å². The molecule has 6 nitrogen and oxygen atoms in total. The highest BCUT2D eigenvalue weighted by atomic mass is 32.2. The van der Waals surface area contributed by atoms with E-state index in [9.17, 15) is 14.4 Å². The summed E-state index contributed by atoms with van der Waals surface area (Å²) in [5.74, 6) is -1.08. The van der Waals surface area contributed by atoms with Crippen molar-refractivity contribution in [1.82, 2.24) is 4.90 Å². The maximum Gasteiger partial charge on any atom is 0.247 e. The fourth-order valence-corrected chi connectivity index (χ4v) is 7.04. The van der Waals surface area contributed by atoms with Crippen molar-refractivity contribution in [3.63, 3.8) is 0 Å². The van der Waals surface area contributed by atoms with Crippen molar-refractivity contribution in [2.75, 3.05) is 24.4 Å². The van der Waals surface area contributed by atoms with Gasteiger partial charge >= 0.3 is 0 Å². The van der Waals surface area contributed by atoms with E-state index in [1.54, 1.807) is 31.0 Å². The molecule has 3 amide bonds. The lowest BCUT2D eigenvalue weighted by molar-refractivity contribution is -0.146. The first-order chi connectivity index (χ1) is 18.1. The summed E-state index contributed by atoms with van der Waals surface area (Å²) in [6, 6.07) is 22.6. The predicted molar refractivity (Wildman–Crippen MR) is 144 cm³/mol. The van der Waals surface area contributed by atoms with Gasteiger partial charge < -0.3 is 10.1 Å². The van der Waals surface area contributed by atoms with Crippen LogP contribution in [0.3, 0.4) is 0 Å². The van der Waals surface area contributed by atoms with Crippen LogP contribution >= 0.6 is 11.8 Å². The van der Waals surface area contributed by atoms with Gasteiger partial charge in [0.15, 0.2) is 0 Å². The minimum Gasteiger partial charge on any atom is -0.495 e. The van der Waals surface area contributed by atoms with E-state index in [0.29, 0.717) is 23.6 Å². The summed E-state index contributed by atoms with van der Waals surface area (Å²) in [5, 5.41) is 2.92. The number of anilines is 1. The van der Waals surface area contributed by atoms with Gasteiger partial charge in [-0.1, -0.05) is 60.7 Å². The average Bonchev–Trinajstić information content (AvgIpc) is 3.19. The fraction of sp³-hybridized carbons (Fsp3) is 0.300. The second kappa shape index (κ2) is 9.38. The first-order valence-electron chi connectivity index (χ1n) is 12.5. The summed E-state index contributed by atoms with van der Waals surface area (Å²) in [7, 11) is 1.54. The molecule has 3 aromatic rings. The third kappa shape index (κ3) is 3.59. The maximum absolute atomic E-state index is 14.1. The van der Waals surface area contributed by atoms with Crippen LogP contribution in [0.25, 0.3) is 0 Å². The largest absolute Gasteiger partial charge is 0.495 e. The highest BCUT2D eigenvalue weighted by Gasteiger charge is 2.62. The van der Waals surface area contributed by atoms with Crippen molar-refractivity contribution in [2.45, 2.75) is 24.3 Å².